The van der Waals surface area contributed by atoms with Crippen LogP contribution in [-0.2, 0) is 4.79 Å². The lowest BCUT2D eigenvalue weighted by molar-refractivity contribution is -0.121. The van der Waals surface area contributed by atoms with Crippen molar-refractivity contribution in [1.82, 2.24) is 10.2 Å². The van der Waals surface area contributed by atoms with Crippen molar-refractivity contribution in [3.8, 4) is 0 Å². The molecule has 0 aliphatic carbocycles. The third-order valence-electron chi connectivity index (χ3n) is 5.01. The SMILES string of the molecule is Cc1cccc(N2CCN(CCC(=O)NC[C@H]3CCSC3)CC2)c1. The van der Waals surface area contributed by atoms with Gasteiger partial charge in [-0.2, -0.15) is 11.8 Å². The van der Waals surface area contributed by atoms with Crippen LogP contribution < -0.4 is 10.2 Å². The van der Waals surface area contributed by atoms with Crippen molar-refractivity contribution >= 4 is 23.4 Å². The van der Waals surface area contributed by atoms with E-state index in [2.05, 4.69) is 46.3 Å². The van der Waals surface area contributed by atoms with E-state index in [1.807, 2.05) is 11.8 Å². The quantitative estimate of drug-likeness (QED) is 0.857. The Balaban J connectivity index is 1.34. The van der Waals surface area contributed by atoms with Gasteiger partial charge < -0.3 is 10.2 Å². The standard InChI is InChI=1S/C19H29N3OS/c1-16-3-2-4-18(13-16)22-10-8-21(9-11-22)7-5-19(23)20-14-17-6-12-24-15-17/h2-4,13,17H,5-12,14-15H2,1H3,(H,20,23)/t17-/m1/s1. The zero-order valence-electron chi connectivity index (χ0n) is 14.7. The van der Waals surface area contributed by atoms with Crippen molar-refractivity contribution in [2.24, 2.45) is 5.92 Å². The molecule has 1 atom stereocenters. The number of thioether (sulfide) groups is 1. The summed E-state index contributed by atoms with van der Waals surface area (Å²) in [5.74, 6) is 3.37. The summed E-state index contributed by atoms with van der Waals surface area (Å²) in [7, 11) is 0. The Kier molecular flexibility index (Phi) is 6.44. The van der Waals surface area contributed by atoms with Gasteiger partial charge in [0.25, 0.3) is 0 Å². The fourth-order valence-corrected chi connectivity index (χ4v) is 4.69. The Bertz CT molecular complexity index is 537. The number of amides is 1. The highest BCUT2D eigenvalue weighted by Gasteiger charge is 2.19. The van der Waals surface area contributed by atoms with Gasteiger partial charge in [-0.25, -0.2) is 0 Å². The van der Waals surface area contributed by atoms with E-state index in [0.29, 0.717) is 12.3 Å². The monoisotopic (exact) mass is 347 g/mol. The summed E-state index contributed by atoms with van der Waals surface area (Å²) in [5.41, 5.74) is 2.63. The highest BCUT2D eigenvalue weighted by atomic mass is 32.2. The molecule has 1 aromatic carbocycles. The van der Waals surface area contributed by atoms with E-state index in [1.165, 1.54) is 29.2 Å². The molecule has 2 aliphatic rings. The van der Waals surface area contributed by atoms with E-state index in [4.69, 9.17) is 0 Å². The molecule has 5 heteroatoms. The topological polar surface area (TPSA) is 35.6 Å². The van der Waals surface area contributed by atoms with Crippen LogP contribution in [0.3, 0.4) is 0 Å². The molecule has 1 amide bonds. The van der Waals surface area contributed by atoms with Crippen molar-refractivity contribution in [3.63, 3.8) is 0 Å². The highest BCUT2D eigenvalue weighted by Crippen LogP contribution is 2.22. The molecule has 1 N–H and O–H groups in total. The number of carbonyl (C=O) groups excluding carboxylic acids is 1. The zero-order chi connectivity index (χ0) is 16.8. The van der Waals surface area contributed by atoms with Crippen LogP contribution in [0, 0.1) is 12.8 Å². The van der Waals surface area contributed by atoms with E-state index in [1.54, 1.807) is 0 Å². The van der Waals surface area contributed by atoms with Crippen molar-refractivity contribution in [2.75, 3.05) is 55.7 Å². The molecule has 0 radical (unpaired) electrons. The fraction of sp³-hybridized carbons (Fsp3) is 0.632. The predicted molar refractivity (Wildman–Crippen MR) is 103 cm³/mol. The van der Waals surface area contributed by atoms with Gasteiger partial charge in [-0.1, -0.05) is 12.1 Å². The Morgan fingerprint density at radius 1 is 1.29 bits per heavy atom. The molecular weight excluding hydrogens is 318 g/mol. The van der Waals surface area contributed by atoms with Crippen molar-refractivity contribution < 1.29 is 4.79 Å². The number of carbonyl (C=O) groups is 1. The van der Waals surface area contributed by atoms with Gasteiger partial charge in [0.1, 0.15) is 0 Å². The first-order valence-electron chi connectivity index (χ1n) is 9.09. The summed E-state index contributed by atoms with van der Waals surface area (Å²) < 4.78 is 0. The van der Waals surface area contributed by atoms with Gasteiger partial charge in [0.15, 0.2) is 0 Å². The van der Waals surface area contributed by atoms with Crippen LogP contribution in [0.4, 0.5) is 5.69 Å². The van der Waals surface area contributed by atoms with E-state index in [-0.39, 0.29) is 5.91 Å². The molecule has 0 spiro atoms. The van der Waals surface area contributed by atoms with Crippen LogP contribution in [0.2, 0.25) is 0 Å². The van der Waals surface area contributed by atoms with Gasteiger partial charge >= 0.3 is 0 Å². The number of rotatable bonds is 6. The second kappa shape index (κ2) is 8.77. The maximum absolute atomic E-state index is 12.0. The molecule has 2 aliphatic heterocycles. The molecule has 2 heterocycles. The minimum absolute atomic E-state index is 0.216. The smallest absolute Gasteiger partial charge is 0.221 e. The second-order valence-electron chi connectivity index (χ2n) is 6.95. The summed E-state index contributed by atoms with van der Waals surface area (Å²) in [5, 5.41) is 3.12. The van der Waals surface area contributed by atoms with Gasteiger partial charge in [0, 0.05) is 51.4 Å². The molecule has 0 bridgehead atoms. The summed E-state index contributed by atoms with van der Waals surface area (Å²) in [4.78, 5) is 16.9. The number of benzene rings is 1. The normalized spacial score (nSPS) is 21.9. The number of nitrogens with zero attached hydrogens (tertiary/aromatic N) is 2. The van der Waals surface area contributed by atoms with Crippen molar-refractivity contribution in [1.29, 1.82) is 0 Å². The lowest BCUT2D eigenvalue weighted by Gasteiger charge is -2.36. The number of aryl methyl sites for hydroxylation is 1. The van der Waals surface area contributed by atoms with Gasteiger partial charge in [-0.05, 0) is 48.5 Å². The molecule has 3 rings (SSSR count). The molecule has 0 saturated carbocycles. The molecule has 0 aromatic heterocycles. The number of nitrogens with one attached hydrogen (secondary N) is 1. The lowest BCUT2D eigenvalue weighted by atomic mass is 10.1. The molecule has 0 unspecified atom stereocenters. The Morgan fingerprint density at radius 2 is 2.12 bits per heavy atom. The minimum Gasteiger partial charge on any atom is -0.369 e. The van der Waals surface area contributed by atoms with Crippen LogP contribution >= 0.6 is 11.8 Å². The number of anilines is 1. The summed E-state index contributed by atoms with van der Waals surface area (Å²) in [6, 6.07) is 8.72. The third kappa shape index (κ3) is 5.15. The average molecular weight is 348 g/mol. The lowest BCUT2D eigenvalue weighted by Crippen LogP contribution is -2.47. The van der Waals surface area contributed by atoms with E-state index < -0.39 is 0 Å². The highest BCUT2D eigenvalue weighted by molar-refractivity contribution is 7.99. The molecule has 2 fully saturated rings. The summed E-state index contributed by atoms with van der Waals surface area (Å²) in [6.45, 7) is 8.07. The second-order valence-corrected chi connectivity index (χ2v) is 8.10. The molecule has 132 valence electrons. The molecule has 24 heavy (non-hydrogen) atoms. The van der Waals surface area contributed by atoms with Crippen LogP contribution in [0.1, 0.15) is 18.4 Å². The van der Waals surface area contributed by atoms with Crippen LogP contribution in [0.5, 0.6) is 0 Å². The fourth-order valence-electron chi connectivity index (χ4n) is 3.40. The Morgan fingerprint density at radius 3 is 2.83 bits per heavy atom. The van der Waals surface area contributed by atoms with Crippen LogP contribution in [-0.4, -0.2) is 61.6 Å². The Hall–Kier alpha value is -1.20. The first kappa shape index (κ1) is 17.6. The minimum atomic E-state index is 0.216. The maximum atomic E-state index is 12.0. The van der Waals surface area contributed by atoms with Crippen molar-refractivity contribution in [2.45, 2.75) is 19.8 Å². The average Bonchev–Trinajstić information content (AvgIpc) is 3.12. The molecule has 2 saturated heterocycles. The van der Waals surface area contributed by atoms with E-state index >= 15 is 0 Å². The predicted octanol–water partition coefficient (Wildman–Crippen LogP) is 2.38. The largest absolute Gasteiger partial charge is 0.369 e. The molecule has 4 nitrogen and oxygen atoms in total. The van der Waals surface area contributed by atoms with E-state index in [9.17, 15) is 4.79 Å². The third-order valence-corrected chi connectivity index (χ3v) is 6.24. The first-order valence-corrected chi connectivity index (χ1v) is 10.2. The van der Waals surface area contributed by atoms with Crippen LogP contribution in [0.15, 0.2) is 24.3 Å². The Labute approximate surface area is 150 Å². The summed E-state index contributed by atoms with van der Waals surface area (Å²) >= 11 is 2.00. The number of hydrogen-bond donors (Lipinski definition) is 1. The zero-order valence-corrected chi connectivity index (χ0v) is 15.5. The van der Waals surface area contributed by atoms with Gasteiger partial charge in [-0.15, -0.1) is 0 Å². The number of piperazine rings is 1. The number of hydrogen-bond acceptors (Lipinski definition) is 4. The van der Waals surface area contributed by atoms with Gasteiger partial charge in [0.2, 0.25) is 5.91 Å². The van der Waals surface area contributed by atoms with Crippen LogP contribution in [0.25, 0.3) is 0 Å². The molecule has 1 aromatic rings. The maximum Gasteiger partial charge on any atom is 0.221 e. The molecular formula is C19H29N3OS. The van der Waals surface area contributed by atoms with Gasteiger partial charge in [-0.3, -0.25) is 9.69 Å². The first-order chi connectivity index (χ1) is 11.7. The van der Waals surface area contributed by atoms with E-state index in [0.717, 1.165) is 39.3 Å². The summed E-state index contributed by atoms with van der Waals surface area (Å²) in [6.07, 6.45) is 1.89. The van der Waals surface area contributed by atoms with Gasteiger partial charge in [0.05, 0.1) is 0 Å². The van der Waals surface area contributed by atoms with Crippen molar-refractivity contribution in [3.05, 3.63) is 29.8 Å².